The molecule has 0 radical (unpaired) electrons. The van der Waals surface area contributed by atoms with Crippen LogP contribution in [0.5, 0.6) is 5.75 Å². The number of hydrogen-bond acceptors (Lipinski definition) is 7. The van der Waals surface area contributed by atoms with Crippen molar-refractivity contribution in [3.05, 3.63) is 73.8 Å². The van der Waals surface area contributed by atoms with Crippen LogP contribution in [0.1, 0.15) is 22.0 Å². The van der Waals surface area contributed by atoms with Gasteiger partial charge < -0.3 is 15.0 Å². The van der Waals surface area contributed by atoms with E-state index < -0.39 is 27.1 Å². The molecule has 1 N–H and O–H groups in total. The molecule has 0 bridgehead atoms. The minimum Gasteiger partial charge on any atom is -0.497 e. The van der Waals surface area contributed by atoms with E-state index in [4.69, 9.17) is 4.74 Å². The third-order valence-electron chi connectivity index (χ3n) is 4.17. The lowest BCUT2D eigenvalue weighted by Gasteiger charge is -2.25. The molecule has 0 aliphatic rings. The van der Waals surface area contributed by atoms with Gasteiger partial charge in [0.25, 0.3) is 17.3 Å². The van der Waals surface area contributed by atoms with Gasteiger partial charge in [-0.05, 0) is 31.8 Å². The first-order valence-electron chi connectivity index (χ1n) is 8.25. The monoisotopic (exact) mass is 388 g/mol. The number of likely N-dealkylation sites (N-methyl/N-ethyl adjacent to an activating group) is 1. The van der Waals surface area contributed by atoms with Crippen LogP contribution < -0.4 is 10.1 Å². The zero-order chi connectivity index (χ0) is 20.8. The Balaban J connectivity index is 2.20. The van der Waals surface area contributed by atoms with Crippen LogP contribution in [0.2, 0.25) is 0 Å². The quantitative estimate of drug-likeness (QED) is 0.543. The fourth-order valence-corrected chi connectivity index (χ4v) is 2.65. The summed E-state index contributed by atoms with van der Waals surface area (Å²) in [6.45, 7) is 0.203. The molecule has 0 aliphatic heterocycles. The summed E-state index contributed by atoms with van der Waals surface area (Å²) in [7, 11) is 5.26. The Morgan fingerprint density at radius 1 is 1.07 bits per heavy atom. The summed E-state index contributed by atoms with van der Waals surface area (Å²) in [5, 5.41) is 24.6. The number of amides is 1. The van der Waals surface area contributed by atoms with Crippen molar-refractivity contribution in [1.29, 1.82) is 0 Å². The number of nitrogens with zero attached hydrogens (tertiary/aromatic N) is 3. The largest absolute Gasteiger partial charge is 0.497 e. The summed E-state index contributed by atoms with van der Waals surface area (Å²) in [4.78, 5) is 34.8. The van der Waals surface area contributed by atoms with Crippen LogP contribution in [0.25, 0.3) is 0 Å². The van der Waals surface area contributed by atoms with Gasteiger partial charge in [-0.15, -0.1) is 0 Å². The molecule has 2 aromatic rings. The predicted octanol–water partition coefficient (Wildman–Crippen LogP) is 2.54. The second-order valence-electron chi connectivity index (χ2n) is 6.21. The number of nitrogens with one attached hydrogen (secondary N) is 1. The van der Waals surface area contributed by atoms with E-state index in [0.717, 1.165) is 23.8 Å². The summed E-state index contributed by atoms with van der Waals surface area (Å²) >= 11 is 0. The first kappa shape index (κ1) is 20.8. The van der Waals surface area contributed by atoms with Gasteiger partial charge in [0.2, 0.25) is 0 Å². The highest BCUT2D eigenvalue weighted by molar-refractivity contribution is 5.95. The number of carbonyl (C=O) groups is 1. The number of ether oxygens (including phenoxy) is 1. The van der Waals surface area contributed by atoms with Crippen LogP contribution in [-0.2, 0) is 0 Å². The second-order valence-corrected chi connectivity index (χ2v) is 6.21. The van der Waals surface area contributed by atoms with E-state index in [0.29, 0.717) is 5.75 Å². The molecule has 0 heterocycles. The lowest BCUT2D eigenvalue weighted by molar-refractivity contribution is -0.394. The van der Waals surface area contributed by atoms with Crippen LogP contribution in [0.4, 0.5) is 11.4 Å². The molecule has 1 unspecified atom stereocenters. The van der Waals surface area contributed by atoms with Gasteiger partial charge in [-0.3, -0.25) is 25.0 Å². The number of rotatable bonds is 8. The van der Waals surface area contributed by atoms with Crippen molar-refractivity contribution in [2.24, 2.45) is 0 Å². The minimum absolute atomic E-state index is 0.145. The zero-order valence-electron chi connectivity index (χ0n) is 15.6. The molecular weight excluding hydrogens is 368 g/mol. The molecule has 0 aliphatic carbocycles. The third-order valence-corrected chi connectivity index (χ3v) is 4.17. The molecule has 2 aromatic carbocycles. The molecule has 0 saturated heterocycles. The Kier molecular flexibility index (Phi) is 6.61. The van der Waals surface area contributed by atoms with E-state index in [1.165, 1.54) is 0 Å². The van der Waals surface area contributed by atoms with Crippen LogP contribution in [0.15, 0.2) is 42.5 Å². The number of non-ortho nitro benzene ring substituents is 2. The Morgan fingerprint density at radius 2 is 1.61 bits per heavy atom. The van der Waals surface area contributed by atoms with Crippen LogP contribution in [0.3, 0.4) is 0 Å². The lowest BCUT2D eigenvalue weighted by Crippen LogP contribution is -2.34. The first-order chi connectivity index (χ1) is 13.2. The summed E-state index contributed by atoms with van der Waals surface area (Å²) in [5.74, 6) is 0.0707. The first-order valence-corrected chi connectivity index (χ1v) is 8.25. The van der Waals surface area contributed by atoms with E-state index in [-0.39, 0.29) is 18.2 Å². The topological polar surface area (TPSA) is 128 Å². The fourth-order valence-electron chi connectivity index (χ4n) is 2.65. The van der Waals surface area contributed by atoms with Crippen molar-refractivity contribution in [3.63, 3.8) is 0 Å². The standard InChI is InChI=1S/C18H20N4O6/c1-20(2)17(12-4-6-16(28-3)7-5-12)11-19-18(23)13-8-14(21(24)25)10-15(9-13)22(26)27/h4-10,17H,11H2,1-3H3,(H,19,23). The summed E-state index contributed by atoms with van der Waals surface area (Å²) < 4.78 is 5.13. The summed E-state index contributed by atoms with van der Waals surface area (Å²) in [5.41, 5.74) is -0.249. The average Bonchev–Trinajstić information content (AvgIpc) is 2.67. The molecule has 10 nitrogen and oxygen atoms in total. The number of nitro benzene ring substituents is 2. The van der Waals surface area contributed by atoms with Crippen LogP contribution in [-0.4, -0.2) is 48.4 Å². The van der Waals surface area contributed by atoms with E-state index >= 15 is 0 Å². The predicted molar refractivity (Wildman–Crippen MR) is 102 cm³/mol. The zero-order valence-corrected chi connectivity index (χ0v) is 15.6. The van der Waals surface area contributed by atoms with Crippen molar-refractivity contribution in [2.45, 2.75) is 6.04 Å². The Morgan fingerprint density at radius 3 is 2.04 bits per heavy atom. The number of benzene rings is 2. The van der Waals surface area contributed by atoms with Crippen LogP contribution in [0, 0.1) is 20.2 Å². The number of carbonyl (C=O) groups excluding carboxylic acids is 1. The van der Waals surface area contributed by atoms with Crippen LogP contribution >= 0.6 is 0 Å². The molecule has 0 aromatic heterocycles. The molecule has 2 rings (SSSR count). The summed E-state index contributed by atoms with van der Waals surface area (Å²) in [6, 6.07) is 10.0. The van der Waals surface area contributed by atoms with Gasteiger partial charge in [-0.1, -0.05) is 12.1 Å². The molecule has 1 amide bonds. The molecule has 148 valence electrons. The van der Waals surface area contributed by atoms with E-state index in [9.17, 15) is 25.0 Å². The maximum Gasteiger partial charge on any atom is 0.277 e. The molecule has 28 heavy (non-hydrogen) atoms. The number of nitro groups is 2. The van der Waals surface area contributed by atoms with Gasteiger partial charge in [-0.2, -0.15) is 0 Å². The van der Waals surface area contributed by atoms with Crippen molar-refractivity contribution >= 4 is 17.3 Å². The van der Waals surface area contributed by atoms with Crippen molar-refractivity contribution < 1.29 is 19.4 Å². The normalized spacial score (nSPS) is 11.7. The molecule has 10 heteroatoms. The van der Waals surface area contributed by atoms with Gasteiger partial charge in [-0.25, -0.2) is 0 Å². The second kappa shape index (κ2) is 8.91. The highest BCUT2D eigenvalue weighted by atomic mass is 16.6. The number of hydrogen-bond donors (Lipinski definition) is 1. The highest BCUT2D eigenvalue weighted by Crippen LogP contribution is 2.24. The smallest absolute Gasteiger partial charge is 0.277 e. The number of methoxy groups -OCH3 is 1. The maximum absolute atomic E-state index is 12.5. The lowest BCUT2D eigenvalue weighted by atomic mass is 10.1. The fraction of sp³-hybridized carbons (Fsp3) is 0.278. The van der Waals surface area contributed by atoms with Gasteiger partial charge >= 0.3 is 0 Å². The average molecular weight is 388 g/mol. The van der Waals surface area contributed by atoms with Gasteiger partial charge in [0.1, 0.15) is 5.75 Å². The molecule has 0 saturated carbocycles. The Hall–Kier alpha value is -3.53. The molecule has 0 fully saturated rings. The Labute approximate surface area is 161 Å². The van der Waals surface area contributed by atoms with Gasteiger partial charge in [0.15, 0.2) is 0 Å². The Bertz CT molecular complexity index is 850. The third kappa shape index (κ3) is 5.01. The molecular formula is C18H20N4O6. The maximum atomic E-state index is 12.5. The molecule has 1 atom stereocenters. The van der Waals surface area contributed by atoms with E-state index in [2.05, 4.69) is 5.32 Å². The van der Waals surface area contributed by atoms with Gasteiger partial charge in [0.05, 0.1) is 34.6 Å². The van der Waals surface area contributed by atoms with Crippen molar-refractivity contribution in [1.82, 2.24) is 10.2 Å². The minimum atomic E-state index is -0.774. The van der Waals surface area contributed by atoms with E-state index in [1.54, 1.807) is 19.2 Å². The SMILES string of the molecule is COc1ccc(C(CNC(=O)c2cc([N+](=O)[O-])cc([N+](=O)[O-])c2)N(C)C)cc1. The van der Waals surface area contributed by atoms with Crippen molar-refractivity contribution in [2.75, 3.05) is 27.7 Å². The van der Waals surface area contributed by atoms with Gasteiger partial charge in [0, 0.05) is 18.7 Å². The van der Waals surface area contributed by atoms with Crippen molar-refractivity contribution in [3.8, 4) is 5.75 Å². The molecule has 0 spiro atoms. The summed E-state index contributed by atoms with van der Waals surface area (Å²) in [6.07, 6.45) is 0. The van der Waals surface area contributed by atoms with E-state index in [1.807, 2.05) is 31.1 Å². The highest BCUT2D eigenvalue weighted by Gasteiger charge is 2.21.